The summed E-state index contributed by atoms with van der Waals surface area (Å²) >= 11 is 0. The summed E-state index contributed by atoms with van der Waals surface area (Å²) in [7, 11) is 2.16. The molecule has 1 fully saturated rings. The molecule has 2 rings (SSSR count). The lowest BCUT2D eigenvalue weighted by molar-refractivity contribution is 0.193. The SMILES string of the molecule is CC(C)c1ccc(OCC2CCCN2C)nc1. The number of hydrogen-bond acceptors (Lipinski definition) is 3. The molecule has 3 heteroatoms. The number of nitrogens with zero attached hydrogens (tertiary/aromatic N) is 2. The van der Waals surface area contributed by atoms with Crippen molar-refractivity contribution in [2.75, 3.05) is 20.2 Å². The van der Waals surface area contributed by atoms with Gasteiger partial charge in [0.05, 0.1) is 0 Å². The maximum atomic E-state index is 5.74. The molecule has 1 aliphatic heterocycles. The van der Waals surface area contributed by atoms with Gasteiger partial charge in [-0.15, -0.1) is 0 Å². The van der Waals surface area contributed by atoms with Crippen LogP contribution in [-0.2, 0) is 0 Å². The van der Waals surface area contributed by atoms with Crippen LogP contribution in [0.3, 0.4) is 0 Å². The van der Waals surface area contributed by atoms with Gasteiger partial charge in [0.25, 0.3) is 0 Å². The maximum Gasteiger partial charge on any atom is 0.213 e. The van der Waals surface area contributed by atoms with Gasteiger partial charge in [-0.05, 0) is 37.9 Å². The molecule has 17 heavy (non-hydrogen) atoms. The van der Waals surface area contributed by atoms with Gasteiger partial charge < -0.3 is 9.64 Å². The van der Waals surface area contributed by atoms with E-state index in [9.17, 15) is 0 Å². The van der Waals surface area contributed by atoms with Crippen molar-refractivity contribution in [3.05, 3.63) is 23.9 Å². The lowest BCUT2D eigenvalue weighted by Gasteiger charge is -2.19. The van der Waals surface area contributed by atoms with Crippen molar-refractivity contribution < 1.29 is 4.74 Å². The molecule has 1 saturated heterocycles. The smallest absolute Gasteiger partial charge is 0.213 e. The van der Waals surface area contributed by atoms with Crippen LogP contribution in [0.5, 0.6) is 5.88 Å². The van der Waals surface area contributed by atoms with Crippen molar-refractivity contribution in [3.63, 3.8) is 0 Å². The molecule has 94 valence electrons. The summed E-state index contributed by atoms with van der Waals surface area (Å²) in [5.74, 6) is 1.27. The molecule has 1 atom stereocenters. The first-order chi connectivity index (χ1) is 8.16. The number of ether oxygens (including phenoxy) is 1. The third kappa shape index (κ3) is 3.19. The van der Waals surface area contributed by atoms with Gasteiger partial charge in [-0.25, -0.2) is 4.98 Å². The van der Waals surface area contributed by atoms with E-state index in [1.807, 2.05) is 12.3 Å². The Bertz CT molecular complexity index is 348. The van der Waals surface area contributed by atoms with Gasteiger partial charge in [0.1, 0.15) is 6.61 Å². The molecule has 0 aliphatic carbocycles. The van der Waals surface area contributed by atoms with E-state index in [0.29, 0.717) is 12.0 Å². The minimum Gasteiger partial charge on any atom is -0.476 e. The van der Waals surface area contributed by atoms with E-state index < -0.39 is 0 Å². The van der Waals surface area contributed by atoms with Crippen LogP contribution in [0.2, 0.25) is 0 Å². The lowest BCUT2D eigenvalue weighted by atomic mass is 10.1. The second kappa shape index (κ2) is 5.50. The lowest BCUT2D eigenvalue weighted by Crippen LogP contribution is -2.30. The number of likely N-dealkylation sites (N-methyl/N-ethyl adjacent to an activating group) is 1. The first kappa shape index (κ1) is 12.4. The minimum absolute atomic E-state index is 0.525. The summed E-state index contributed by atoms with van der Waals surface area (Å²) in [6.45, 7) is 6.29. The number of pyridine rings is 1. The molecule has 1 aliphatic rings. The molecule has 0 bridgehead atoms. The van der Waals surface area contributed by atoms with Crippen LogP contribution < -0.4 is 4.74 Å². The second-order valence-corrected chi connectivity index (χ2v) is 5.17. The highest BCUT2D eigenvalue weighted by Crippen LogP contribution is 2.18. The van der Waals surface area contributed by atoms with Gasteiger partial charge in [0, 0.05) is 18.3 Å². The molecular weight excluding hydrogens is 212 g/mol. The van der Waals surface area contributed by atoms with Crippen molar-refractivity contribution in [1.82, 2.24) is 9.88 Å². The van der Waals surface area contributed by atoms with Crippen LogP contribution in [0.25, 0.3) is 0 Å². The Balaban J connectivity index is 1.86. The molecule has 1 aromatic heterocycles. The quantitative estimate of drug-likeness (QED) is 0.801. The van der Waals surface area contributed by atoms with Gasteiger partial charge >= 0.3 is 0 Å². The molecule has 0 N–H and O–H groups in total. The molecule has 0 saturated carbocycles. The van der Waals surface area contributed by atoms with Crippen molar-refractivity contribution >= 4 is 0 Å². The fourth-order valence-electron chi connectivity index (χ4n) is 2.19. The van der Waals surface area contributed by atoms with Crippen molar-refractivity contribution in [2.45, 2.75) is 38.6 Å². The number of likely N-dealkylation sites (tertiary alicyclic amines) is 1. The van der Waals surface area contributed by atoms with E-state index in [1.54, 1.807) is 0 Å². The largest absolute Gasteiger partial charge is 0.476 e. The summed E-state index contributed by atoms with van der Waals surface area (Å²) < 4.78 is 5.74. The third-order valence-electron chi connectivity index (χ3n) is 3.52. The first-order valence-electron chi connectivity index (χ1n) is 6.46. The molecule has 3 nitrogen and oxygen atoms in total. The zero-order chi connectivity index (χ0) is 12.3. The molecular formula is C14H22N2O. The van der Waals surface area contributed by atoms with Crippen molar-refractivity contribution in [1.29, 1.82) is 0 Å². The Morgan fingerprint density at radius 2 is 2.29 bits per heavy atom. The van der Waals surface area contributed by atoms with Crippen LogP contribution >= 0.6 is 0 Å². The molecule has 0 aromatic carbocycles. The highest BCUT2D eigenvalue weighted by molar-refractivity contribution is 5.20. The van der Waals surface area contributed by atoms with Crippen LogP contribution in [0.15, 0.2) is 18.3 Å². The molecule has 1 unspecified atom stereocenters. The highest BCUT2D eigenvalue weighted by atomic mass is 16.5. The first-order valence-corrected chi connectivity index (χ1v) is 6.46. The molecule has 0 radical (unpaired) electrons. The molecule has 2 heterocycles. The summed E-state index contributed by atoms with van der Waals surface area (Å²) in [6, 6.07) is 4.64. The Morgan fingerprint density at radius 3 is 2.82 bits per heavy atom. The van der Waals surface area contributed by atoms with E-state index in [4.69, 9.17) is 4.74 Å². The molecule has 0 amide bonds. The normalized spacial score (nSPS) is 21.1. The standard InChI is InChI=1S/C14H22N2O/c1-11(2)12-6-7-14(15-9-12)17-10-13-5-4-8-16(13)3/h6-7,9,11,13H,4-5,8,10H2,1-3H3. The van der Waals surface area contributed by atoms with E-state index in [-0.39, 0.29) is 0 Å². The fourth-order valence-corrected chi connectivity index (χ4v) is 2.19. The summed E-state index contributed by atoms with van der Waals surface area (Å²) in [5.41, 5.74) is 1.26. The zero-order valence-electron chi connectivity index (χ0n) is 11.0. The summed E-state index contributed by atoms with van der Waals surface area (Å²) in [6.07, 6.45) is 4.43. The van der Waals surface area contributed by atoms with Gasteiger partial charge in [-0.3, -0.25) is 0 Å². The summed E-state index contributed by atoms with van der Waals surface area (Å²) in [5, 5.41) is 0. The van der Waals surface area contributed by atoms with Crippen LogP contribution in [0.1, 0.15) is 38.2 Å². The Morgan fingerprint density at radius 1 is 1.47 bits per heavy atom. The number of aromatic nitrogens is 1. The average Bonchev–Trinajstić information content (AvgIpc) is 2.73. The van der Waals surface area contributed by atoms with E-state index >= 15 is 0 Å². The highest BCUT2D eigenvalue weighted by Gasteiger charge is 2.21. The number of hydrogen-bond donors (Lipinski definition) is 0. The van der Waals surface area contributed by atoms with Gasteiger partial charge in [-0.1, -0.05) is 19.9 Å². The van der Waals surface area contributed by atoms with Gasteiger partial charge in [0.15, 0.2) is 0 Å². The average molecular weight is 234 g/mol. The predicted molar refractivity (Wildman–Crippen MR) is 69.5 cm³/mol. The van der Waals surface area contributed by atoms with E-state index in [2.05, 4.69) is 36.8 Å². The van der Waals surface area contributed by atoms with Crippen molar-refractivity contribution in [2.24, 2.45) is 0 Å². The monoisotopic (exact) mass is 234 g/mol. The van der Waals surface area contributed by atoms with E-state index in [0.717, 1.165) is 12.5 Å². The van der Waals surface area contributed by atoms with Crippen molar-refractivity contribution in [3.8, 4) is 5.88 Å². The summed E-state index contributed by atoms with van der Waals surface area (Å²) in [4.78, 5) is 6.71. The molecule has 0 spiro atoms. The third-order valence-corrected chi connectivity index (χ3v) is 3.52. The predicted octanol–water partition coefficient (Wildman–Crippen LogP) is 2.68. The second-order valence-electron chi connectivity index (χ2n) is 5.17. The minimum atomic E-state index is 0.525. The van der Waals surface area contributed by atoms with Gasteiger partial charge in [0.2, 0.25) is 5.88 Å². The Hall–Kier alpha value is -1.09. The Labute approximate surface area is 104 Å². The van der Waals surface area contributed by atoms with Crippen LogP contribution in [0.4, 0.5) is 0 Å². The zero-order valence-corrected chi connectivity index (χ0v) is 11.0. The van der Waals surface area contributed by atoms with Crippen LogP contribution in [-0.4, -0.2) is 36.1 Å². The fraction of sp³-hybridized carbons (Fsp3) is 0.643. The number of rotatable bonds is 4. The van der Waals surface area contributed by atoms with E-state index in [1.165, 1.54) is 24.9 Å². The Kier molecular flexibility index (Phi) is 4.00. The maximum absolute atomic E-state index is 5.74. The van der Waals surface area contributed by atoms with Gasteiger partial charge in [-0.2, -0.15) is 0 Å². The van der Waals surface area contributed by atoms with Crippen LogP contribution in [0, 0.1) is 0 Å². The topological polar surface area (TPSA) is 25.4 Å². The molecule has 1 aromatic rings.